The van der Waals surface area contributed by atoms with Gasteiger partial charge in [0.05, 0.1) is 19.8 Å². The summed E-state index contributed by atoms with van der Waals surface area (Å²) in [6.45, 7) is 4.61. The lowest BCUT2D eigenvalue weighted by Gasteiger charge is -2.26. The largest absolute Gasteiger partial charge is 0.376 e. The molecule has 15 heavy (non-hydrogen) atoms. The zero-order valence-corrected chi connectivity index (χ0v) is 9.73. The summed E-state index contributed by atoms with van der Waals surface area (Å²) in [6, 6.07) is 0. The van der Waals surface area contributed by atoms with Crippen molar-refractivity contribution in [3.8, 4) is 0 Å². The Morgan fingerprint density at radius 1 is 1.53 bits per heavy atom. The van der Waals surface area contributed by atoms with Crippen LogP contribution in [0.1, 0.15) is 33.1 Å². The standard InChI is InChI=1S/C9H18O3.CH3NO/c1-9(2,10)12-7-8-5-3-4-6-11-8;1-2-3/h8,10H,3-7H2,1-2H3;1H3/t8-;/m1./s1. The quantitative estimate of drug-likeness (QED) is 0.579. The number of aliphatic hydroxyl groups is 1. The first-order chi connectivity index (χ1) is 6.99. The molecule has 0 saturated carbocycles. The molecule has 0 amide bonds. The van der Waals surface area contributed by atoms with Crippen LogP contribution in [0.3, 0.4) is 0 Å². The van der Waals surface area contributed by atoms with E-state index in [9.17, 15) is 5.11 Å². The van der Waals surface area contributed by atoms with Crippen molar-refractivity contribution in [3.05, 3.63) is 4.91 Å². The van der Waals surface area contributed by atoms with Crippen LogP contribution in [0.2, 0.25) is 0 Å². The van der Waals surface area contributed by atoms with Gasteiger partial charge in [0.2, 0.25) is 0 Å². The van der Waals surface area contributed by atoms with Crippen LogP contribution in [0.5, 0.6) is 0 Å². The van der Waals surface area contributed by atoms with Gasteiger partial charge < -0.3 is 14.6 Å². The molecule has 0 aromatic carbocycles. The Labute approximate surface area is 90.7 Å². The van der Waals surface area contributed by atoms with Gasteiger partial charge >= 0.3 is 0 Å². The van der Waals surface area contributed by atoms with Gasteiger partial charge in [-0.2, -0.15) is 4.91 Å². The van der Waals surface area contributed by atoms with Gasteiger partial charge in [-0.15, -0.1) is 0 Å². The Kier molecular flexibility index (Phi) is 7.46. The molecule has 5 nitrogen and oxygen atoms in total. The SMILES string of the molecule is CC(C)(O)OC[C@H]1CCCCO1.CN=O. The lowest BCUT2D eigenvalue weighted by atomic mass is 10.1. The molecule has 1 saturated heterocycles. The Hall–Kier alpha value is -0.520. The maximum atomic E-state index is 9.27. The molecule has 0 radical (unpaired) electrons. The van der Waals surface area contributed by atoms with Crippen molar-refractivity contribution in [2.75, 3.05) is 20.3 Å². The molecular formula is C10H21NO4. The van der Waals surface area contributed by atoms with E-state index in [1.165, 1.54) is 13.5 Å². The molecule has 1 fully saturated rings. The van der Waals surface area contributed by atoms with Gasteiger partial charge in [0.15, 0.2) is 5.79 Å². The Bertz CT molecular complexity index is 161. The molecule has 0 spiro atoms. The van der Waals surface area contributed by atoms with E-state index in [-0.39, 0.29) is 6.10 Å². The summed E-state index contributed by atoms with van der Waals surface area (Å²) < 4.78 is 10.6. The van der Waals surface area contributed by atoms with Crippen molar-refractivity contribution in [1.82, 2.24) is 0 Å². The van der Waals surface area contributed by atoms with Gasteiger partial charge in [-0.3, -0.25) is 0 Å². The van der Waals surface area contributed by atoms with Gasteiger partial charge in [-0.1, -0.05) is 5.18 Å². The minimum Gasteiger partial charge on any atom is -0.376 e. The fourth-order valence-corrected chi connectivity index (χ4v) is 1.24. The van der Waals surface area contributed by atoms with Gasteiger partial charge in [-0.05, 0) is 33.1 Å². The predicted molar refractivity (Wildman–Crippen MR) is 57.6 cm³/mol. The zero-order valence-electron chi connectivity index (χ0n) is 9.73. The second-order valence-corrected chi connectivity index (χ2v) is 3.93. The molecule has 90 valence electrons. The first-order valence-electron chi connectivity index (χ1n) is 5.19. The number of nitrogens with zero attached hydrogens (tertiary/aromatic N) is 1. The van der Waals surface area contributed by atoms with E-state index in [2.05, 4.69) is 5.18 Å². The first kappa shape index (κ1) is 14.5. The Morgan fingerprint density at radius 3 is 2.53 bits per heavy atom. The fraction of sp³-hybridized carbons (Fsp3) is 1.00. The number of hydrogen-bond donors (Lipinski definition) is 1. The number of rotatable bonds is 3. The number of nitroso groups, excluding NO2 is 1. The highest BCUT2D eigenvalue weighted by molar-refractivity contribution is 4.63. The molecule has 0 aromatic rings. The van der Waals surface area contributed by atoms with Crippen LogP contribution in [-0.4, -0.2) is 37.3 Å². The molecule has 1 rings (SSSR count). The van der Waals surface area contributed by atoms with E-state index in [1.807, 2.05) is 0 Å². The topological polar surface area (TPSA) is 68.1 Å². The maximum absolute atomic E-state index is 9.27. The molecule has 1 aliphatic heterocycles. The first-order valence-corrected chi connectivity index (χ1v) is 5.19. The smallest absolute Gasteiger partial charge is 0.159 e. The lowest BCUT2D eigenvalue weighted by molar-refractivity contribution is -0.198. The summed E-state index contributed by atoms with van der Waals surface area (Å²) in [5, 5.41) is 11.5. The molecule has 1 N–H and O–H groups in total. The molecule has 0 unspecified atom stereocenters. The summed E-state index contributed by atoms with van der Waals surface area (Å²) in [7, 11) is 1.19. The average molecular weight is 219 g/mol. The van der Waals surface area contributed by atoms with E-state index < -0.39 is 5.79 Å². The predicted octanol–water partition coefficient (Wildman–Crippen LogP) is 1.68. The summed E-state index contributed by atoms with van der Waals surface area (Å²) in [4.78, 5) is 8.56. The van der Waals surface area contributed by atoms with Crippen LogP contribution in [0.4, 0.5) is 0 Å². The fourth-order valence-electron chi connectivity index (χ4n) is 1.24. The summed E-state index contributed by atoms with van der Waals surface area (Å²) >= 11 is 0. The molecule has 0 aliphatic carbocycles. The van der Waals surface area contributed by atoms with Crippen LogP contribution >= 0.6 is 0 Å². The van der Waals surface area contributed by atoms with Crippen molar-refractivity contribution in [2.45, 2.75) is 45.0 Å². The monoisotopic (exact) mass is 219 g/mol. The second kappa shape index (κ2) is 7.73. The van der Waals surface area contributed by atoms with E-state index >= 15 is 0 Å². The molecule has 1 aliphatic rings. The Morgan fingerprint density at radius 2 is 2.13 bits per heavy atom. The van der Waals surface area contributed by atoms with Crippen LogP contribution < -0.4 is 0 Å². The highest BCUT2D eigenvalue weighted by atomic mass is 16.6. The molecule has 5 heteroatoms. The van der Waals surface area contributed by atoms with Crippen molar-refractivity contribution in [1.29, 1.82) is 0 Å². The number of ether oxygens (including phenoxy) is 2. The van der Waals surface area contributed by atoms with E-state index in [0.29, 0.717) is 6.61 Å². The zero-order chi connectivity index (χ0) is 11.7. The van der Waals surface area contributed by atoms with Crippen LogP contribution in [0.15, 0.2) is 5.18 Å². The average Bonchev–Trinajstić information content (AvgIpc) is 2.17. The highest BCUT2D eigenvalue weighted by Crippen LogP contribution is 2.14. The molecule has 0 bridgehead atoms. The molecule has 0 aromatic heterocycles. The third-order valence-corrected chi connectivity index (χ3v) is 1.90. The van der Waals surface area contributed by atoms with Crippen molar-refractivity contribution in [2.24, 2.45) is 5.18 Å². The van der Waals surface area contributed by atoms with Gasteiger partial charge in [-0.25, -0.2) is 0 Å². The van der Waals surface area contributed by atoms with Crippen LogP contribution in [0.25, 0.3) is 0 Å². The minimum absolute atomic E-state index is 0.185. The molecule has 1 atom stereocenters. The van der Waals surface area contributed by atoms with Gasteiger partial charge in [0, 0.05) is 6.61 Å². The summed E-state index contributed by atoms with van der Waals surface area (Å²) in [5.41, 5.74) is 0. The molecule has 1 heterocycles. The number of hydrogen-bond acceptors (Lipinski definition) is 5. The van der Waals surface area contributed by atoms with E-state index in [4.69, 9.17) is 14.4 Å². The minimum atomic E-state index is -1.03. The lowest BCUT2D eigenvalue weighted by Crippen LogP contribution is -2.31. The van der Waals surface area contributed by atoms with Crippen LogP contribution in [-0.2, 0) is 9.47 Å². The maximum Gasteiger partial charge on any atom is 0.159 e. The van der Waals surface area contributed by atoms with Crippen molar-refractivity contribution in [3.63, 3.8) is 0 Å². The third kappa shape index (κ3) is 9.78. The Balaban J connectivity index is 0.000000583. The highest BCUT2D eigenvalue weighted by Gasteiger charge is 2.19. The van der Waals surface area contributed by atoms with Crippen LogP contribution in [0, 0.1) is 4.91 Å². The third-order valence-electron chi connectivity index (χ3n) is 1.90. The van der Waals surface area contributed by atoms with Gasteiger partial charge in [0.25, 0.3) is 0 Å². The molecular weight excluding hydrogens is 198 g/mol. The van der Waals surface area contributed by atoms with E-state index in [0.717, 1.165) is 19.4 Å². The van der Waals surface area contributed by atoms with E-state index in [1.54, 1.807) is 13.8 Å². The van der Waals surface area contributed by atoms with Crippen molar-refractivity contribution < 1.29 is 14.6 Å². The normalized spacial score (nSPS) is 21.5. The van der Waals surface area contributed by atoms with Gasteiger partial charge in [0.1, 0.15) is 0 Å². The van der Waals surface area contributed by atoms with Crippen molar-refractivity contribution >= 4 is 0 Å². The summed E-state index contributed by atoms with van der Waals surface area (Å²) in [5.74, 6) is -1.03. The second-order valence-electron chi connectivity index (χ2n) is 3.93. The summed E-state index contributed by atoms with van der Waals surface area (Å²) in [6.07, 6.45) is 3.60.